The largest absolute Gasteiger partial charge is 0.342 e. The van der Waals surface area contributed by atoms with E-state index in [0.29, 0.717) is 36.2 Å². The van der Waals surface area contributed by atoms with Gasteiger partial charge in [-0.2, -0.15) is 4.98 Å². The highest BCUT2D eigenvalue weighted by Gasteiger charge is 2.33. The molecule has 0 spiro atoms. The maximum Gasteiger partial charge on any atom is 0.257 e. The Balaban J connectivity index is 1.42. The second kappa shape index (κ2) is 7.53. The van der Waals surface area contributed by atoms with Gasteiger partial charge in [0.2, 0.25) is 5.91 Å². The summed E-state index contributed by atoms with van der Waals surface area (Å²) in [6.07, 6.45) is 1.27. The lowest BCUT2D eigenvalue weighted by Crippen LogP contribution is -2.27. The third-order valence-corrected chi connectivity index (χ3v) is 5.08. The number of halogens is 1. The van der Waals surface area contributed by atoms with E-state index in [0.717, 1.165) is 12.0 Å². The summed E-state index contributed by atoms with van der Waals surface area (Å²) in [5.74, 6) is 1.11. The summed E-state index contributed by atoms with van der Waals surface area (Å²) in [7, 11) is 0. The standard InChI is InChI=1S/C21H20ClN3O2/c1-14-4-2-5-15(10-14)8-9-25-13-17(12-19(25)26)20-23-21(27-24-20)16-6-3-7-18(22)11-16/h2-7,10-11,17H,8-9,12-13H2,1H3. The van der Waals surface area contributed by atoms with Crippen molar-refractivity contribution in [3.8, 4) is 11.5 Å². The van der Waals surface area contributed by atoms with Gasteiger partial charge in [-0.1, -0.05) is 52.7 Å². The molecule has 0 bridgehead atoms. The van der Waals surface area contributed by atoms with Crippen LogP contribution >= 0.6 is 11.6 Å². The lowest BCUT2D eigenvalue weighted by molar-refractivity contribution is -0.127. The molecule has 1 aliphatic rings. The van der Waals surface area contributed by atoms with E-state index in [-0.39, 0.29) is 11.8 Å². The first-order valence-corrected chi connectivity index (χ1v) is 9.39. The maximum absolute atomic E-state index is 12.4. The smallest absolute Gasteiger partial charge is 0.257 e. The number of likely N-dealkylation sites (tertiary alicyclic amines) is 1. The van der Waals surface area contributed by atoms with Crippen LogP contribution in [-0.2, 0) is 11.2 Å². The van der Waals surface area contributed by atoms with Crippen LogP contribution in [0.5, 0.6) is 0 Å². The van der Waals surface area contributed by atoms with E-state index in [1.54, 1.807) is 12.1 Å². The minimum atomic E-state index is -0.0355. The maximum atomic E-state index is 12.4. The van der Waals surface area contributed by atoms with E-state index in [2.05, 4.69) is 41.3 Å². The van der Waals surface area contributed by atoms with Gasteiger partial charge in [0, 0.05) is 36.0 Å². The minimum absolute atomic E-state index is 0.0355. The van der Waals surface area contributed by atoms with Crippen LogP contribution in [0.3, 0.4) is 0 Å². The van der Waals surface area contributed by atoms with Crippen LogP contribution < -0.4 is 0 Å². The van der Waals surface area contributed by atoms with Crippen molar-refractivity contribution in [3.63, 3.8) is 0 Å². The molecule has 3 aromatic rings. The van der Waals surface area contributed by atoms with E-state index >= 15 is 0 Å². The molecule has 2 heterocycles. The molecule has 1 saturated heterocycles. The Morgan fingerprint density at radius 3 is 2.89 bits per heavy atom. The SMILES string of the molecule is Cc1cccc(CCN2CC(c3noc(-c4cccc(Cl)c4)n3)CC2=O)c1. The van der Waals surface area contributed by atoms with Gasteiger partial charge in [0.05, 0.1) is 0 Å². The molecule has 1 aliphatic heterocycles. The number of carbonyl (C=O) groups excluding carboxylic acids is 1. The number of benzene rings is 2. The quantitative estimate of drug-likeness (QED) is 0.662. The Morgan fingerprint density at radius 1 is 1.22 bits per heavy atom. The monoisotopic (exact) mass is 381 g/mol. The molecule has 1 amide bonds. The van der Waals surface area contributed by atoms with E-state index in [1.807, 2.05) is 17.0 Å². The number of hydrogen-bond donors (Lipinski definition) is 0. The number of rotatable bonds is 5. The molecular weight excluding hydrogens is 362 g/mol. The van der Waals surface area contributed by atoms with E-state index in [1.165, 1.54) is 11.1 Å². The average Bonchev–Trinajstić information content (AvgIpc) is 3.27. The molecule has 6 heteroatoms. The molecule has 1 atom stereocenters. The van der Waals surface area contributed by atoms with Gasteiger partial charge in [-0.25, -0.2) is 0 Å². The lowest BCUT2D eigenvalue weighted by Gasteiger charge is -2.16. The van der Waals surface area contributed by atoms with Crippen molar-refractivity contribution in [2.75, 3.05) is 13.1 Å². The molecule has 27 heavy (non-hydrogen) atoms. The molecular formula is C21H20ClN3O2. The van der Waals surface area contributed by atoms with Crippen molar-refractivity contribution < 1.29 is 9.32 Å². The predicted molar refractivity (Wildman–Crippen MR) is 104 cm³/mol. The van der Waals surface area contributed by atoms with Crippen LogP contribution in [0.2, 0.25) is 5.02 Å². The molecule has 1 fully saturated rings. The molecule has 1 unspecified atom stereocenters. The molecule has 0 N–H and O–H groups in total. The summed E-state index contributed by atoms with van der Waals surface area (Å²) in [5, 5.41) is 4.71. The Morgan fingerprint density at radius 2 is 2.07 bits per heavy atom. The Hall–Kier alpha value is -2.66. The molecule has 4 rings (SSSR count). The van der Waals surface area contributed by atoms with E-state index < -0.39 is 0 Å². The van der Waals surface area contributed by atoms with Crippen molar-refractivity contribution >= 4 is 17.5 Å². The fraction of sp³-hybridized carbons (Fsp3) is 0.286. The van der Waals surface area contributed by atoms with Gasteiger partial charge in [0.15, 0.2) is 5.82 Å². The first-order chi connectivity index (χ1) is 13.1. The number of amides is 1. The summed E-state index contributed by atoms with van der Waals surface area (Å²) in [6.45, 7) is 3.41. The predicted octanol–water partition coefficient (Wildman–Crippen LogP) is 4.26. The normalized spacial score (nSPS) is 16.9. The highest BCUT2D eigenvalue weighted by atomic mass is 35.5. The van der Waals surface area contributed by atoms with Gasteiger partial charge in [-0.15, -0.1) is 0 Å². The van der Waals surface area contributed by atoms with E-state index in [9.17, 15) is 4.79 Å². The van der Waals surface area contributed by atoms with Crippen LogP contribution in [0, 0.1) is 6.92 Å². The highest BCUT2D eigenvalue weighted by molar-refractivity contribution is 6.30. The zero-order valence-electron chi connectivity index (χ0n) is 15.1. The molecule has 138 valence electrons. The fourth-order valence-electron chi connectivity index (χ4n) is 3.43. The number of nitrogens with zero attached hydrogens (tertiary/aromatic N) is 3. The lowest BCUT2D eigenvalue weighted by atomic mass is 10.1. The topological polar surface area (TPSA) is 59.2 Å². The zero-order valence-corrected chi connectivity index (χ0v) is 15.8. The van der Waals surface area contributed by atoms with Crippen LogP contribution in [0.1, 0.15) is 29.3 Å². The van der Waals surface area contributed by atoms with Crippen LogP contribution in [0.25, 0.3) is 11.5 Å². The number of hydrogen-bond acceptors (Lipinski definition) is 4. The first-order valence-electron chi connectivity index (χ1n) is 9.01. The third kappa shape index (κ3) is 4.03. The molecule has 5 nitrogen and oxygen atoms in total. The second-order valence-corrected chi connectivity index (χ2v) is 7.38. The summed E-state index contributed by atoms with van der Waals surface area (Å²) in [6, 6.07) is 15.7. The number of aryl methyl sites for hydroxylation is 1. The van der Waals surface area contributed by atoms with Gasteiger partial charge in [-0.05, 0) is 37.1 Å². The van der Waals surface area contributed by atoms with Crippen molar-refractivity contribution in [3.05, 3.63) is 70.5 Å². The molecule has 2 aromatic carbocycles. The van der Waals surface area contributed by atoms with Crippen molar-refractivity contribution in [1.82, 2.24) is 15.0 Å². The highest BCUT2D eigenvalue weighted by Crippen LogP contribution is 2.29. The van der Waals surface area contributed by atoms with Gasteiger partial charge >= 0.3 is 0 Å². The zero-order chi connectivity index (χ0) is 18.8. The third-order valence-electron chi connectivity index (χ3n) is 4.85. The van der Waals surface area contributed by atoms with Gasteiger partial charge in [0.1, 0.15) is 0 Å². The molecule has 0 aliphatic carbocycles. The van der Waals surface area contributed by atoms with Crippen LogP contribution in [0.15, 0.2) is 53.1 Å². The number of aromatic nitrogens is 2. The van der Waals surface area contributed by atoms with Crippen LogP contribution in [-0.4, -0.2) is 34.0 Å². The summed E-state index contributed by atoms with van der Waals surface area (Å²) in [5.41, 5.74) is 3.26. The van der Waals surface area contributed by atoms with Crippen LogP contribution in [0.4, 0.5) is 0 Å². The minimum Gasteiger partial charge on any atom is -0.342 e. The summed E-state index contributed by atoms with van der Waals surface area (Å²) < 4.78 is 5.38. The van der Waals surface area contributed by atoms with E-state index in [4.69, 9.17) is 16.1 Å². The Labute approximate surface area is 163 Å². The van der Waals surface area contributed by atoms with Crippen molar-refractivity contribution in [2.24, 2.45) is 0 Å². The fourth-order valence-corrected chi connectivity index (χ4v) is 3.62. The molecule has 1 aromatic heterocycles. The van der Waals surface area contributed by atoms with Crippen molar-refractivity contribution in [2.45, 2.75) is 25.7 Å². The average molecular weight is 382 g/mol. The van der Waals surface area contributed by atoms with Gasteiger partial charge in [-0.3, -0.25) is 4.79 Å². The van der Waals surface area contributed by atoms with Gasteiger partial charge in [0.25, 0.3) is 5.89 Å². The Bertz CT molecular complexity index is 969. The van der Waals surface area contributed by atoms with Crippen molar-refractivity contribution in [1.29, 1.82) is 0 Å². The molecule has 0 saturated carbocycles. The first kappa shape index (κ1) is 17.7. The summed E-state index contributed by atoms with van der Waals surface area (Å²) >= 11 is 6.02. The second-order valence-electron chi connectivity index (χ2n) is 6.95. The summed E-state index contributed by atoms with van der Waals surface area (Å²) in [4.78, 5) is 18.8. The Kier molecular flexibility index (Phi) is 4.94. The number of carbonyl (C=O) groups is 1. The molecule has 0 radical (unpaired) electrons. The van der Waals surface area contributed by atoms with Gasteiger partial charge < -0.3 is 9.42 Å².